The van der Waals surface area contributed by atoms with Crippen molar-refractivity contribution in [2.45, 2.75) is 24.4 Å². The summed E-state index contributed by atoms with van der Waals surface area (Å²) in [5.74, 6) is 1.30. The molecule has 0 saturated carbocycles. The molecule has 6 heteroatoms. The highest BCUT2D eigenvalue weighted by Crippen LogP contribution is 2.27. The Morgan fingerprint density at radius 1 is 1.13 bits per heavy atom. The SMILES string of the molecule is CCn1c(SCc2ccc(F)cc2)nnc1-c1cccc(Cl)c1. The minimum atomic E-state index is -0.223. The van der Waals surface area contributed by atoms with Crippen molar-refractivity contribution in [2.75, 3.05) is 0 Å². The fraction of sp³-hybridized carbons (Fsp3) is 0.176. The Balaban J connectivity index is 1.82. The Morgan fingerprint density at radius 2 is 1.91 bits per heavy atom. The molecule has 0 spiro atoms. The van der Waals surface area contributed by atoms with Gasteiger partial charge in [0.15, 0.2) is 11.0 Å². The number of hydrogen-bond donors (Lipinski definition) is 0. The van der Waals surface area contributed by atoms with E-state index >= 15 is 0 Å². The maximum atomic E-state index is 12.9. The van der Waals surface area contributed by atoms with Gasteiger partial charge in [-0.15, -0.1) is 10.2 Å². The van der Waals surface area contributed by atoms with Gasteiger partial charge in [0, 0.05) is 22.9 Å². The molecule has 23 heavy (non-hydrogen) atoms. The predicted molar refractivity (Wildman–Crippen MR) is 92.1 cm³/mol. The van der Waals surface area contributed by atoms with Crippen LogP contribution in [0, 0.1) is 5.82 Å². The molecule has 0 atom stereocenters. The van der Waals surface area contributed by atoms with Crippen molar-refractivity contribution in [2.24, 2.45) is 0 Å². The van der Waals surface area contributed by atoms with E-state index in [9.17, 15) is 4.39 Å². The molecular formula is C17H15ClFN3S. The summed E-state index contributed by atoms with van der Waals surface area (Å²) in [6.07, 6.45) is 0. The predicted octanol–water partition coefficient (Wildman–Crippen LogP) is 5.05. The van der Waals surface area contributed by atoms with Crippen LogP contribution >= 0.6 is 23.4 Å². The van der Waals surface area contributed by atoms with Gasteiger partial charge in [-0.3, -0.25) is 0 Å². The van der Waals surface area contributed by atoms with Crippen molar-refractivity contribution in [1.29, 1.82) is 0 Å². The first-order valence-electron chi connectivity index (χ1n) is 7.23. The third-order valence-electron chi connectivity index (χ3n) is 3.40. The van der Waals surface area contributed by atoms with E-state index in [1.165, 1.54) is 12.1 Å². The van der Waals surface area contributed by atoms with E-state index in [4.69, 9.17) is 11.6 Å². The smallest absolute Gasteiger partial charge is 0.191 e. The molecule has 0 bridgehead atoms. The Labute approximate surface area is 143 Å². The van der Waals surface area contributed by atoms with E-state index in [1.54, 1.807) is 23.9 Å². The van der Waals surface area contributed by atoms with Crippen LogP contribution in [0.1, 0.15) is 12.5 Å². The van der Waals surface area contributed by atoms with Gasteiger partial charge in [-0.05, 0) is 36.8 Å². The van der Waals surface area contributed by atoms with Crippen LogP contribution in [-0.2, 0) is 12.3 Å². The lowest BCUT2D eigenvalue weighted by molar-refractivity contribution is 0.627. The van der Waals surface area contributed by atoms with Crippen LogP contribution < -0.4 is 0 Å². The van der Waals surface area contributed by atoms with Crippen molar-refractivity contribution in [3.8, 4) is 11.4 Å². The van der Waals surface area contributed by atoms with Crippen LogP contribution in [0.3, 0.4) is 0 Å². The molecule has 0 radical (unpaired) electrons. The van der Waals surface area contributed by atoms with Crippen molar-refractivity contribution in [1.82, 2.24) is 14.8 Å². The Morgan fingerprint density at radius 3 is 2.61 bits per heavy atom. The van der Waals surface area contributed by atoms with E-state index in [-0.39, 0.29) is 5.82 Å². The summed E-state index contributed by atoms with van der Waals surface area (Å²) in [5.41, 5.74) is 1.99. The van der Waals surface area contributed by atoms with Crippen LogP contribution in [0.5, 0.6) is 0 Å². The minimum absolute atomic E-state index is 0.223. The van der Waals surface area contributed by atoms with Gasteiger partial charge in [0.2, 0.25) is 0 Å². The van der Waals surface area contributed by atoms with Gasteiger partial charge < -0.3 is 4.57 Å². The van der Waals surface area contributed by atoms with Crippen LogP contribution in [0.2, 0.25) is 5.02 Å². The molecule has 1 aromatic heterocycles. The highest BCUT2D eigenvalue weighted by molar-refractivity contribution is 7.98. The molecule has 3 rings (SSSR count). The standard InChI is InChI=1S/C17H15ClFN3S/c1-2-22-16(13-4-3-5-14(18)10-13)20-21-17(22)23-11-12-6-8-15(19)9-7-12/h3-10H,2,11H2,1H3. The molecule has 2 aromatic carbocycles. The van der Waals surface area contributed by atoms with E-state index in [1.807, 2.05) is 24.3 Å². The summed E-state index contributed by atoms with van der Waals surface area (Å²) >= 11 is 7.64. The molecular weight excluding hydrogens is 333 g/mol. The van der Waals surface area contributed by atoms with E-state index < -0.39 is 0 Å². The van der Waals surface area contributed by atoms with Gasteiger partial charge in [0.1, 0.15) is 5.82 Å². The first-order valence-corrected chi connectivity index (χ1v) is 8.60. The molecule has 0 amide bonds. The number of nitrogens with zero attached hydrogens (tertiary/aromatic N) is 3. The lowest BCUT2D eigenvalue weighted by Crippen LogP contribution is -1.99. The molecule has 0 N–H and O–H groups in total. The zero-order valence-electron chi connectivity index (χ0n) is 12.5. The van der Waals surface area contributed by atoms with Crippen molar-refractivity contribution < 1.29 is 4.39 Å². The Hall–Kier alpha value is -1.85. The molecule has 3 nitrogen and oxygen atoms in total. The van der Waals surface area contributed by atoms with Crippen LogP contribution in [0.15, 0.2) is 53.7 Å². The number of thioether (sulfide) groups is 1. The molecule has 118 valence electrons. The molecule has 0 aliphatic rings. The van der Waals surface area contributed by atoms with Gasteiger partial charge >= 0.3 is 0 Å². The Kier molecular flexibility index (Phi) is 4.98. The fourth-order valence-corrected chi connectivity index (χ4v) is 3.40. The summed E-state index contributed by atoms with van der Waals surface area (Å²) < 4.78 is 15.0. The first-order chi connectivity index (χ1) is 11.2. The molecule has 0 unspecified atom stereocenters. The van der Waals surface area contributed by atoms with Crippen LogP contribution in [-0.4, -0.2) is 14.8 Å². The topological polar surface area (TPSA) is 30.7 Å². The summed E-state index contributed by atoms with van der Waals surface area (Å²) in [6, 6.07) is 14.1. The van der Waals surface area contributed by atoms with Crippen molar-refractivity contribution in [3.05, 3.63) is 64.9 Å². The average Bonchev–Trinajstić information content (AvgIpc) is 2.97. The minimum Gasteiger partial charge on any atom is -0.302 e. The monoisotopic (exact) mass is 347 g/mol. The molecule has 3 aromatic rings. The normalized spacial score (nSPS) is 10.9. The quantitative estimate of drug-likeness (QED) is 0.605. The van der Waals surface area contributed by atoms with E-state index in [0.29, 0.717) is 10.8 Å². The number of rotatable bonds is 5. The largest absolute Gasteiger partial charge is 0.302 e. The summed E-state index contributed by atoms with van der Waals surface area (Å²) in [4.78, 5) is 0. The number of aromatic nitrogens is 3. The number of benzene rings is 2. The lowest BCUT2D eigenvalue weighted by Gasteiger charge is -2.07. The third-order valence-corrected chi connectivity index (χ3v) is 4.67. The first kappa shape index (κ1) is 16.0. The molecule has 0 aliphatic heterocycles. The number of halogens is 2. The zero-order chi connectivity index (χ0) is 16.2. The van der Waals surface area contributed by atoms with E-state index in [2.05, 4.69) is 21.7 Å². The zero-order valence-corrected chi connectivity index (χ0v) is 14.1. The maximum absolute atomic E-state index is 12.9. The Bertz CT molecular complexity index is 802. The summed E-state index contributed by atoms with van der Waals surface area (Å²) in [5, 5.41) is 10.1. The molecule has 0 fully saturated rings. The highest BCUT2D eigenvalue weighted by Gasteiger charge is 2.13. The van der Waals surface area contributed by atoms with Crippen LogP contribution in [0.4, 0.5) is 4.39 Å². The second kappa shape index (κ2) is 7.15. The van der Waals surface area contributed by atoms with Gasteiger partial charge in [-0.25, -0.2) is 4.39 Å². The molecule has 1 heterocycles. The maximum Gasteiger partial charge on any atom is 0.191 e. The van der Waals surface area contributed by atoms with Gasteiger partial charge in [0.25, 0.3) is 0 Å². The lowest BCUT2D eigenvalue weighted by atomic mass is 10.2. The number of hydrogen-bond acceptors (Lipinski definition) is 3. The third kappa shape index (κ3) is 3.74. The highest BCUT2D eigenvalue weighted by atomic mass is 35.5. The summed E-state index contributed by atoms with van der Waals surface area (Å²) in [7, 11) is 0. The fourth-order valence-electron chi connectivity index (χ4n) is 2.25. The second-order valence-electron chi connectivity index (χ2n) is 4.98. The average molecular weight is 348 g/mol. The van der Waals surface area contributed by atoms with Gasteiger partial charge in [-0.2, -0.15) is 0 Å². The molecule has 0 saturated heterocycles. The van der Waals surface area contributed by atoms with E-state index in [0.717, 1.165) is 28.7 Å². The summed E-state index contributed by atoms with van der Waals surface area (Å²) in [6.45, 7) is 2.82. The van der Waals surface area contributed by atoms with Crippen LogP contribution in [0.25, 0.3) is 11.4 Å². The second-order valence-corrected chi connectivity index (χ2v) is 6.35. The van der Waals surface area contributed by atoms with Gasteiger partial charge in [-0.1, -0.05) is 47.6 Å². The van der Waals surface area contributed by atoms with Crippen molar-refractivity contribution in [3.63, 3.8) is 0 Å². The van der Waals surface area contributed by atoms with Crippen molar-refractivity contribution >= 4 is 23.4 Å². The van der Waals surface area contributed by atoms with Gasteiger partial charge in [0.05, 0.1) is 0 Å². The molecule has 0 aliphatic carbocycles.